The summed E-state index contributed by atoms with van der Waals surface area (Å²) < 4.78 is 0. The highest BCUT2D eigenvalue weighted by Gasteiger charge is 2.50. The predicted octanol–water partition coefficient (Wildman–Crippen LogP) is 3.24. The van der Waals surface area contributed by atoms with Crippen LogP contribution in [0.3, 0.4) is 0 Å². The number of hydrogen-bond acceptors (Lipinski definition) is 0. The predicted molar refractivity (Wildman–Crippen MR) is 50.7 cm³/mol. The Morgan fingerprint density at radius 2 is 2.00 bits per heavy atom. The Balaban J connectivity index is 1.99. The molecule has 0 radical (unpaired) electrons. The third-order valence-corrected chi connectivity index (χ3v) is 4.49. The van der Waals surface area contributed by atoms with Crippen LogP contribution in [0.2, 0.25) is 0 Å². The van der Waals surface area contributed by atoms with Crippen molar-refractivity contribution in [2.45, 2.75) is 33.1 Å². The first-order valence-electron chi connectivity index (χ1n) is 5.47. The smallest absolute Gasteiger partial charge is 0.0164 e. The Morgan fingerprint density at radius 1 is 1.17 bits per heavy atom. The maximum Gasteiger partial charge on any atom is -0.0164 e. The van der Waals surface area contributed by atoms with E-state index in [1.165, 1.54) is 12.8 Å². The number of hydrogen-bond donors (Lipinski definition) is 0. The van der Waals surface area contributed by atoms with Gasteiger partial charge in [-0.15, -0.1) is 0 Å². The fourth-order valence-electron chi connectivity index (χ4n) is 3.97. The second kappa shape index (κ2) is 2.16. The molecule has 2 bridgehead atoms. The molecule has 0 heterocycles. The zero-order valence-corrected chi connectivity index (χ0v) is 8.09. The van der Waals surface area contributed by atoms with E-state index < -0.39 is 0 Å². The molecule has 5 atom stereocenters. The summed E-state index contributed by atoms with van der Waals surface area (Å²) in [5.74, 6) is 5.03. The van der Waals surface area contributed by atoms with Gasteiger partial charge in [0.15, 0.2) is 0 Å². The van der Waals surface area contributed by atoms with Crippen molar-refractivity contribution in [3.05, 3.63) is 11.6 Å². The van der Waals surface area contributed by atoms with Gasteiger partial charge in [-0.05, 0) is 48.9 Å². The van der Waals surface area contributed by atoms with Crippen LogP contribution in [0.4, 0.5) is 0 Å². The van der Waals surface area contributed by atoms with Gasteiger partial charge in [0, 0.05) is 0 Å². The fraction of sp³-hybridized carbons (Fsp3) is 0.833. The first-order chi connectivity index (χ1) is 5.75. The van der Waals surface area contributed by atoms with Crippen molar-refractivity contribution >= 4 is 0 Å². The standard InChI is InChI=1S/C12H18/c1-7-3-9-5-11-8(2)10(4-7)12(11)6-9/h4,7-9,11-12H,3,5-6H2,1-2H3. The van der Waals surface area contributed by atoms with Crippen molar-refractivity contribution < 1.29 is 0 Å². The SMILES string of the molecule is CC1C=C2C(C)C3CC(C1)CC23. The molecule has 0 aromatic carbocycles. The summed E-state index contributed by atoms with van der Waals surface area (Å²) in [7, 11) is 0. The molecule has 2 fully saturated rings. The Bertz CT molecular complexity index is 238. The summed E-state index contributed by atoms with van der Waals surface area (Å²) >= 11 is 0. The highest BCUT2D eigenvalue weighted by atomic mass is 14.5. The Morgan fingerprint density at radius 3 is 2.83 bits per heavy atom. The second-order valence-corrected chi connectivity index (χ2v) is 5.28. The van der Waals surface area contributed by atoms with Crippen LogP contribution < -0.4 is 0 Å². The van der Waals surface area contributed by atoms with Crippen molar-refractivity contribution in [1.82, 2.24) is 0 Å². The molecule has 0 aromatic rings. The lowest BCUT2D eigenvalue weighted by atomic mass is 9.62. The maximum absolute atomic E-state index is 2.59. The molecule has 5 unspecified atom stereocenters. The van der Waals surface area contributed by atoms with Gasteiger partial charge in [0.1, 0.15) is 0 Å². The molecule has 0 N–H and O–H groups in total. The molecule has 0 amide bonds. The summed E-state index contributed by atoms with van der Waals surface area (Å²) in [6, 6.07) is 0. The molecular weight excluding hydrogens is 144 g/mol. The normalized spacial score (nSPS) is 55.8. The van der Waals surface area contributed by atoms with E-state index in [4.69, 9.17) is 0 Å². The molecule has 0 aliphatic heterocycles. The molecule has 3 aliphatic carbocycles. The summed E-state index contributed by atoms with van der Waals surface area (Å²) in [6.07, 6.45) is 7.15. The van der Waals surface area contributed by atoms with E-state index in [-0.39, 0.29) is 0 Å². The molecule has 0 aromatic heterocycles. The van der Waals surface area contributed by atoms with Gasteiger partial charge >= 0.3 is 0 Å². The average molecular weight is 162 g/mol. The van der Waals surface area contributed by atoms with Crippen LogP contribution in [0, 0.1) is 29.6 Å². The summed E-state index contributed by atoms with van der Waals surface area (Å²) in [6.45, 7) is 4.83. The van der Waals surface area contributed by atoms with Crippen LogP contribution in [0.1, 0.15) is 33.1 Å². The number of rotatable bonds is 0. The molecule has 0 heteroatoms. The Kier molecular flexibility index (Phi) is 1.29. The molecule has 12 heavy (non-hydrogen) atoms. The van der Waals surface area contributed by atoms with E-state index in [0.29, 0.717) is 0 Å². The summed E-state index contributed by atoms with van der Waals surface area (Å²) in [4.78, 5) is 0. The van der Waals surface area contributed by atoms with Crippen LogP contribution in [0.25, 0.3) is 0 Å². The third-order valence-electron chi connectivity index (χ3n) is 4.49. The molecule has 0 nitrogen and oxygen atoms in total. The van der Waals surface area contributed by atoms with Gasteiger partial charge in [-0.25, -0.2) is 0 Å². The monoisotopic (exact) mass is 162 g/mol. The van der Waals surface area contributed by atoms with E-state index in [1.54, 1.807) is 6.42 Å². The Labute approximate surface area is 75.0 Å². The second-order valence-electron chi connectivity index (χ2n) is 5.28. The summed E-state index contributed by atoms with van der Waals surface area (Å²) in [5, 5.41) is 0. The zero-order chi connectivity index (χ0) is 8.29. The van der Waals surface area contributed by atoms with Crippen molar-refractivity contribution in [3.63, 3.8) is 0 Å². The van der Waals surface area contributed by atoms with Gasteiger partial charge in [-0.3, -0.25) is 0 Å². The molecule has 0 spiro atoms. The van der Waals surface area contributed by atoms with E-state index in [2.05, 4.69) is 19.9 Å². The minimum atomic E-state index is 0.874. The van der Waals surface area contributed by atoms with Crippen LogP contribution in [0.15, 0.2) is 11.6 Å². The first-order valence-corrected chi connectivity index (χ1v) is 5.47. The molecule has 66 valence electrons. The van der Waals surface area contributed by atoms with Gasteiger partial charge < -0.3 is 0 Å². The van der Waals surface area contributed by atoms with Crippen LogP contribution in [-0.4, -0.2) is 0 Å². The number of fused-ring (bicyclic) bond motifs is 1. The molecule has 3 rings (SSSR count). The fourth-order valence-corrected chi connectivity index (χ4v) is 3.97. The highest BCUT2D eigenvalue weighted by molar-refractivity contribution is 5.27. The maximum atomic E-state index is 2.59. The highest BCUT2D eigenvalue weighted by Crippen LogP contribution is 2.59. The Hall–Kier alpha value is -0.260. The molecular formula is C12H18. The first kappa shape index (κ1) is 7.17. The lowest BCUT2D eigenvalue weighted by Gasteiger charge is -2.42. The third kappa shape index (κ3) is 0.739. The zero-order valence-electron chi connectivity index (χ0n) is 8.09. The minimum absolute atomic E-state index is 0.874. The van der Waals surface area contributed by atoms with E-state index in [0.717, 1.165) is 29.6 Å². The number of allylic oxidation sites excluding steroid dienone is 2. The lowest BCUT2D eigenvalue weighted by molar-refractivity contribution is 0.217. The van der Waals surface area contributed by atoms with E-state index in [1.807, 2.05) is 5.57 Å². The van der Waals surface area contributed by atoms with Gasteiger partial charge in [0.2, 0.25) is 0 Å². The van der Waals surface area contributed by atoms with Gasteiger partial charge in [-0.2, -0.15) is 0 Å². The molecule has 0 saturated heterocycles. The lowest BCUT2D eigenvalue weighted by Crippen LogP contribution is -2.34. The van der Waals surface area contributed by atoms with E-state index in [9.17, 15) is 0 Å². The van der Waals surface area contributed by atoms with Gasteiger partial charge in [0.25, 0.3) is 0 Å². The average Bonchev–Trinajstić information content (AvgIpc) is 2.31. The van der Waals surface area contributed by atoms with E-state index >= 15 is 0 Å². The van der Waals surface area contributed by atoms with Gasteiger partial charge in [-0.1, -0.05) is 25.5 Å². The molecule has 3 aliphatic rings. The van der Waals surface area contributed by atoms with Crippen molar-refractivity contribution in [1.29, 1.82) is 0 Å². The van der Waals surface area contributed by atoms with Crippen LogP contribution in [0.5, 0.6) is 0 Å². The van der Waals surface area contributed by atoms with Crippen LogP contribution >= 0.6 is 0 Å². The minimum Gasteiger partial charge on any atom is -0.0819 e. The quantitative estimate of drug-likeness (QED) is 0.480. The van der Waals surface area contributed by atoms with Crippen molar-refractivity contribution in [2.75, 3.05) is 0 Å². The van der Waals surface area contributed by atoms with Gasteiger partial charge in [0.05, 0.1) is 0 Å². The van der Waals surface area contributed by atoms with Crippen molar-refractivity contribution in [2.24, 2.45) is 29.6 Å². The van der Waals surface area contributed by atoms with Crippen LogP contribution in [-0.2, 0) is 0 Å². The van der Waals surface area contributed by atoms with Crippen molar-refractivity contribution in [3.8, 4) is 0 Å². The summed E-state index contributed by atoms with van der Waals surface area (Å²) in [5.41, 5.74) is 1.83. The largest absolute Gasteiger partial charge is 0.0819 e. The topological polar surface area (TPSA) is 0 Å². The molecule has 2 saturated carbocycles.